The van der Waals surface area contributed by atoms with E-state index in [4.69, 9.17) is 17.2 Å². The lowest BCUT2D eigenvalue weighted by Gasteiger charge is -2.30. The number of guanidine groups is 1. The van der Waals surface area contributed by atoms with Crippen LogP contribution in [0.2, 0.25) is 0 Å². The highest BCUT2D eigenvalue weighted by atomic mass is 16.2. The fourth-order valence-corrected chi connectivity index (χ4v) is 7.98. The number of fused-ring (bicyclic) bond motifs is 1. The maximum Gasteiger partial charge on any atom is 0.243 e. The standard InChI is InChI=1S/C49H68N12O8/c1-6-7-18-39(58-31(4)62)46(67)57-29(2)45(66)60-41(25-36-27-53-28-56-36)47(68)59-40(21-32-14-9-8-10-15-32)43(64)23-33(16-13-20-54-49(51)52)48(69)61(5)30(3)42(63)24-34(44(50)65)22-35-26-55-38-19-12-11-17-37(35)38/h8-12,14-15,17,19,26-30,33-34,39-41,55H,6-7,13,16,18,20-25H2,1-5H3,(H2,50,65)(H,53,56)(H,57,67)(H,58,62)(H,59,68)(H,60,66)(H4,51,52,54)/t29-,30-,33+,34+,39-,40+,41-/m0/s1. The Hall–Kier alpha value is -7.38. The first-order valence-electron chi connectivity index (χ1n) is 23.3. The Morgan fingerprint density at radius 3 is 2.04 bits per heavy atom. The first kappa shape index (κ1) is 54.2. The number of nitrogens with one attached hydrogen (secondary N) is 6. The van der Waals surface area contributed by atoms with Crippen molar-refractivity contribution in [2.24, 2.45) is 34.0 Å². The molecular weight excluding hydrogens is 885 g/mol. The molecule has 0 aliphatic heterocycles. The van der Waals surface area contributed by atoms with E-state index in [-0.39, 0.29) is 51.0 Å². The number of para-hydroxylation sites is 1. The molecule has 20 heteroatoms. The number of hydrogen-bond donors (Lipinski definition) is 9. The third-order valence-electron chi connectivity index (χ3n) is 12.1. The molecule has 2 heterocycles. The first-order chi connectivity index (χ1) is 32.9. The summed E-state index contributed by atoms with van der Waals surface area (Å²) in [7, 11) is 1.46. The van der Waals surface area contributed by atoms with E-state index in [0.717, 1.165) is 22.9 Å². The van der Waals surface area contributed by atoms with Crippen molar-refractivity contribution in [1.82, 2.24) is 41.1 Å². The van der Waals surface area contributed by atoms with Crippen LogP contribution in [0.4, 0.5) is 0 Å². The molecule has 6 amide bonds. The van der Waals surface area contributed by atoms with Gasteiger partial charge in [0.1, 0.15) is 18.1 Å². The number of primary amides is 1. The van der Waals surface area contributed by atoms with E-state index in [2.05, 4.69) is 41.2 Å². The predicted molar refractivity (Wildman–Crippen MR) is 261 cm³/mol. The van der Waals surface area contributed by atoms with E-state index in [1.165, 1.54) is 38.3 Å². The zero-order valence-electron chi connectivity index (χ0n) is 40.1. The minimum absolute atomic E-state index is 0.0233. The number of benzene rings is 2. The van der Waals surface area contributed by atoms with E-state index >= 15 is 0 Å². The van der Waals surface area contributed by atoms with Crippen molar-refractivity contribution in [3.8, 4) is 0 Å². The summed E-state index contributed by atoms with van der Waals surface area (Å²) in [4.78, 5) is 124. The van der Waals surface area contributed by atoms with Crippen LogP contribution < -0.4 is 38.5 Å². The second-order valence-electron chi connectivity index (χ2n) is 17.5. The molecule has 0 spiro atoms. The van der Waals surface area contributed by atoms with Crippen molar-refractivity contribution in [2.75, 3.05) is 13.6 Å². The predicted octanol–water partition coefficient (Wildman–Crippen LogP) is 1.62. The lowest BCUT2D eigenvalue weighted by Crippen LogP contribution is -2.57. The number of carbonyl (C=O) groups is 8. The van der Waals surface area contributed by atoms with E-state index in [0.29, 0.717) is 30.5 Å². The van der Waals surface area contributed by atoms with E-state index in [9.17, 15) is 38.4 Å². The van der Waals surface area contributed by atoms with Crippen LogP contribution in [-0.2, 0) is 57.6 Å². The molecule has 0 saturated heterocycles. The van der Waals surface area contributed by atoms with Crippen molar-refractivity contribution >= 4 is 63.9 Å². The van der Waals surface area contributed by atoms with Gasteiger partial charge >= 0.3 is 0 Å². The van der Waals surface area contributed by atoms with Crippen LogP contribution in [0.3, 0.4) is 0 Å². The zero-order chi connectivity index (χ0) is 50.6. The molecule has 0 unspecified atom stereocenters. The Morgan fingerprint density at radius 1 is 0.725 bits per heavy atom. The molecule has 372 valence electrons. The van der Waals surface area contributed by atoms with Crippen LogP contribution in [-0.4, -0.2) is 117 Å². The SMILES string of the molecule is CCCC[C@H](NC(C)=O)C(=O)N[C@@H](C)C(=O)N[C@@H](Cc1cnc[nH]1)C(=O)N[C@H](Cc1ccccc1)C(=O)C[C@@H](CCCN=C(N)N)C(=O)N(C)[C@@H](C)C(=O)C[C@@H](Cc1c[nH]c2ccccc12)C(N)=O. The summed E-state index contributed by atoms with van der Waals surface area (Å²) >= 11 is 0. The van der Waals surface area contributed by atoms with E-state index < -0.39 is 89.1 Å². The Bertz CT molecular complexity index is 2400. The van der Waals surface area contributed by atoms with Crippen LogP contribution in [0.1, 0.15) is 89.5 Å². The molecule has 69 heavy (non-hydrogen) atoms. The number of Topliss-reactive ketones (excluding diaryl/α,β-unsaturated/α-hetero) is 2. The summed E-state index contributed by atoms with van der Waals surface area (Å²) in [6.07, 6.45) is 6.45. The number of imidazole rings is 1. The van der Waals surface area contributed by atoms with Gasteiger partial charge in [0.2, 0.25) is 35.4 Å². The van der Waals surface area contributed by atoms with Gasteiger partial charge in [0.15, 0.2) is 17.5 Å². The minimum Gasteiger partial charge on any atom is -0.370 e. The van der Waals surface area contributed by atoms with Gasteiger partial charge in [0.05, 0.1) is 18.4 Å². The van der Waals surface area contributed by atoms with Gasteiger partial charge in [-0.2, -0.15) is 0 Å². The third-order valence-corrected chi connectivity index (χ3v) is 12.1. The van der Waals surface area contributed by atoms with Crippen LogP contribution >= 0.6 is 0 Å². The molecule has 4 rings (SSSR count). The fraction of sp³-hybridized carbons (Fsp3) is 0.469. The zero-order valence-corrected chi connectivity index (χ0v) is 40.1. The van der Waals surface area contributed by atoms with Gasteiger partial charge in [0.25, 0.3) is 0 Å². The molecule has 20 nitrogen and oxygen atoms in total. The van der Waals surface area contributed by atoms with E-state index in [1.807, 2.05) is 31.2 Å². The van der Waals surface area contributed by atoms with Gasteiger partial charge in [-0.15, -0.1) is 0 Å². The second kappa shape index (κ2) is 26.8. The molecule has 4 aromatic rings. The number of amides is 6. The van der Waals surface area contributed by atoms with Crippen LogP contribution in [0, 0.1) is 11.8 Å². The van der Waals surface area contributed by atoms with Gasteiger partial charge in [0, 0.05) is 80.6 Å². The number of unbranched alkanes of at least 4 members (excludes halogenated alkanes) is 1. The molecule has 0 saturated carbocycles. The molecule has 7 atom stereocenters. The molecular formula is C49H68N12O8. The topological polar surface area (TPSA) is 323 Å². The lowest BCUT2D eigenvalue weighted by molar-refractivity contribution is -0.143. The number of aromatic amines is 2. The molecule has 0 aliphatic rings. The lowest BCUT2D eigenvalue weighted by atomic mass is 9.89. The largest absolute Gasteiger partial charge is 0.370 e. The maximum atomic E-state index is 14.6. The maximum absolute atomic E-state index is 14.6. The van der Waals surface area contributed by atoms with Gasteiger partial charge < -0.3 is 53.3 Å². The van der Waals surface area contributed by atoms with Crippen LogP contribution in [0.15, 0.2) is 78.3 Å². The molecule has 12 N–H and O–H groups in total. The average Bonchev–Trinajstić information content (AvgIpc) is 3.99. The highest BCUT2D eigenvalue weighted by molar-refractivity contribution is 5.98. The Labute approximate surface area is 402 Å². The van der Waals surface area contributed by atoms with Crippen molar-refractivity contribution in [1.29, 1.82) is 0 Å². The van der Waals surface area contributed by atoms with Crippen molar-refractivity contribution in [2.45, 2.75) is 122 Å². The number of aromatic nitrogens is 3. The summed E-state index contributed by atoms with van der Waals surface area (Å²) < 4.78 is 0. The number of hydrogen-bond acceptors (Lipinski definition) is 10. The van der Waals surface area contributed by atoms with Crippen molar-refractivity contribution < 1.29 is 38.4 Å². The summed E-state index contributed by atoms with van der Waals surface area (Å²) in [6.45, 7) is 6.39. The number of likely N-dealkylation sites (N-methyl/N-ethyl adjacent to an activating group) is 1. The Kier molecular flexibility index (Phi) is 21.1. The van der Waals surface area contributed by atoms with E-state index in [1.54, 1.807) is 43.5 Å². The Morgan fingerprint density at radius 2 is 1.39 bits per heavy atom. The monoisotopic (exact) mass is 953 g/mol. The number of nitrogens with two attached hydrogens (primary N) is 3. The summed E-state index contributed by atoms with van der Waals surface area (Å²) in [5.41, 5.74) is 19.8. The summed E-state index contributed by atoms with van der Waals surface area (Å²) in [5, 5.41) is 11.7. The second-order valence-corrected chi connectivity index (χ2v) is 17.5. The fourth-order valence-electron chi connectivity index (χ4n) is 7.98. The normalized spacial score (nSPS) is 14.2. The smallest absolute Gasteiger partial charge is 0.243 e. The molecule has 0 radical (unpaired) electrons. The highest BCUT2D eigenvalue weighted by Gasteiger charge is 2.35. The molecule has 0 fully saturated rings. The molecule has 2 aromatic heterocycles. The summed E-state index contributed by atoms with van der Waals surface area (Å²) in [5.74, 6) is -6.50. The molecule has 0 bridgehead atoms. The highest BCUT2D eigenvalue weighted by Crippen LogP contribution is 2.24. The number of aliphatic imine (C=N–C) groups is 1. The molecule has 2 aromatic carbocycles. The number of H-pyrrole nitrogens is 2. The third kappa shape index (κ3) is 17.0. The summed E-state index contributed by atoms with van der Waals surface area (Å²) in [6, 6.07) is 11.0. The van der Waals surface area contributed by atoms with Crippen LogP contribution in [0.5, 0.6) is 0 Å². The Balaban J connectivity index is 1.56. The van der Waals surface area contributed by atoms with Gasteiger partial charge in [-0.25, -0.2) is 4.98 Å². The van der Waals surface area contributed by atoms with Crippen molar-refractivity contribution in [3.05, 3.63) is 90.1 Å². The first-order valence-corrected chi connectivity index (χ1v) is 23.3. The van der Waals surface area contributed by atoms with Crippen LogP contribution in [0.25, 0.3) is 10.9 Å². The average molecular weight is 953 g/mol. The number of ketones is 2. The van der Waals surface area contributed by atoms with Gasteiger partial charge in [-0.05, 0) is 63.1 Å². The molecule has 0 aliphatic carbocycles. The van der Waals surface area contributed by atoms with Gasteiger partial charge in [-0.1, -0.05) is 68.3 Å². The number of carbonyl (C=O) groups excluding carboxylic acids is 8. The number of rotatable bonds is 29. The quantitative estimate of drug-likeness (QED) is 0.0214. The van der Waals surface area contributed by atoms with Gasteiger partial charge in [-0.3, -0.25) is 43.3 Å². The number of nitrogens with zero attached hydrogens (tertiary/aromatic N) is 3. The minimum atomic E-state index is -1.27. The van der Waals surface area contributed by atoms with Crippen molar-refractivity contribution in [3.63, 3.8) is 0 Å².